The second-order valence-corrected chi connectivity index (χ2v) is 17.1. The maximum Gasteiger partial charge on any atom is 0.306 e. The Morgan fingerprint density at radius 3 is 1.23 bits per heavy atom. The molecule has 0 rings (SSSR count). The Kier molecular flexibility index (Phi) is 59.0. The van der Waals surface area contributed by atoms with E-state index < -0.39 is 0 Å². The number of hydrogen-bond acceptors (Lipinski definition) is 5. The van der Waals surface area contributed by atoms with Crippen LogP contribution in [0.5, 0.6) is 0 Å². The number of ether oxygens (including phenoxy) is 1. The molecule has 6 heteroatoms. The summed E-state index contributed by atoms with van der Waals surface area (Å²) in [5.74, 6) is 0.0532. The van der Waals surface area contributed by atoms with Gasteiger partial charge in [0.05, 0.1) is 6.10 Å². The van der Waals surface area contributed by atoms with Crippen molar-refractivity contribution in [3.8, 4) is 0 Å². The first-order valence-corrected chi connectivity index (χ1v) is 25.9. The average Bonchev–Trinajstić information content (AvgIpc) is 3.21. The van der Waals surface area contributed by atoms with E-state index in [1.165, 1.54) is 186 Å². The molecule has 2 unspecified atom stereocenters. The largest absolute Gasteiger partial charge is 0.462 e. The van der Waals surface area contributed by atoms with Crippen molar-refractivity contribution in [2.24, 2.45) is 0 Å². The van der Waals surface area contributed by atoms with Gasteiger partial charge in [-0.05, 0) is 64.2 Å². The van der Waals surface area contributed by atoms with Crippen LogP contribution in [-0.4, -0.2) is 48.6 Å². The lowest BCUT2D eigenvalue weighted by atomic mass is 9.89. The third kappa shape index (κ3) is 55.4. The molecule has 0 aromatic heterocycles. The Labute approximate surface area is 360 Å². The molecule has 0 saturated heterocycles. The van der Waals surface area contributed by atoms with Gasteiger partial charge in [0.1, 0.15) is 6.10 Å². The van der Waals surface area contributed by atoms with Crippen LogP contribution in [0.4, 0.5) is 0 Å². The Hall–Kier alpha value is -0.585. The maximum atomic E-state index is 12.3. The van der Waals surface area contributed by atoms with Gasteiger partial charge in [0.15, 0.2) is 0 Å². The molecule has 0 bridgehead atoms. The van der Waals surface area contributed by atoms with Gasteiger partial charge in [-0.2, -0.15) is 0 Å². The van der Waals surface area contributed by atoms with E-state index in [0.717, 1.165) is 57.7 Å². The topological polar surface area (TPSA) is 76.0 Å². The van der Waals surface area contributed by atoms with E-state index in [4.69, 9.17) is 14.5 Å². The number of unbranched alkanes of at least 4 members (excludes halogenated alkanes) is 24. The van der Waals surface area contributed by atoms with Crippen LogP contribution in [0, 0.1) is 0 Å². The monoisotopic (exact) mass is 810 g/mol. The smallest absolute Gasteiger partial charge is 0.306 e. The van der Waals surface area contributed by atoms with Crippen molar-refractivity contribution in [3.05, 3.63) is 0 Å². The van der Waals surface area contributed by atoms with E-state index in [1.54, 1.807) is 0 Å². The summed E-state index contributed by atoms with van der Waals surface area (Å²) in [6, 6.07) is 0. The first kappa shape index (κ1) is 60.7. The van der Waals surface area contributed by atoms with Crippen molar-refractivity contribution in [2.75, 3.05) is 6.61 Å². The van der Waals surface area contributed by atoms with Crippen LogP contribution >= 0.6 is 0 Å². The lowest BCUT2D eigenvalue weighted by molar-refractivity contribution is -0.150. The number of carbonyl (C=O) groups excluding carboxylic acids is 1. The average molecular weight is 810 g/mol. The lowest BCUT2D eigenvalue weighted by Gasteiger charge is -2.18. The molecule has 1 radical (unpaired) electrons. The summed E-state index contributed by atoms with van der Waals surface area (Å²) in [5.41, 5.74) is 0. The zero-order valence-corrected chi connectivity index (χ0v) is 40.2. The van der Waals surface area contributed by atoms with Crippen molar-refractivity contribution in [2.45, 2.75) is 317 Å². The Bertz CT molecular complexity index is 689. The van der Waals surface area contributed by atoms with Crippen LogP contribution in [0.25, 0.3) is 0 Å². The highest BCUT2D eigenvalue weighted by Gasteiger charge is 2.14. The van der Waals surface area contributed by atoms with Gasteiger partial charge in [-0.25, -0.2) is 0 Å². The molecule has 0 spiro atoms. The second kappa shape index (κ2) is 55.4. The molecule has 343 valence electrons. The van der Waals surface area contributed by atoms with Gasteiger partial charge in [0.2, 0.25) is 0 Å². The fourth-order valence-corrected chi connectivity index (χ4v) is 7.14. The number of carbonyl (C=O) groups is 1. The number of hydrogen-bond donors (Lipinski definition) is 2. The first-order chi connectivity index (χ1) is 27.9. The molecule has 0 aliphatic heterocycles. The number of esters is 1. The van der Waals surface area contributed by atoms with Crippen molar-refractivity contribution >= 4 is 13.5 Å². The number of aliphatic hydroxyl groups excluding tert-OH is 2. The number of aliphatic hydroxyl groups is 2. The standard InChI is InChI=1S/C26H52O2.C21H44BO2.C4H10O/c1-4-7-10-13-16-19-22-25(23-20-17-14-11-8-5-2)28-26(27)24-21-18-15-12-9-6-3;1-4-7-8-9-10-14-18-21(16-5-2)24-22-19-15-12-11-13-17-20(23)6-3;1-2-3-4-5/h25H,4-24H2,1-3H3;20-21,23H,4-19H2,1-3H3;5H,2-4H2,1H3. The lowest BCUT2D eigenvalue weighted by Crippen LogP contribution is -2.18. The molecule has 5 nitrogen and oxygen atoms in total. The van der Waals surface area contributed by atoms with Gasteiger partial charge < -0.3 is 19.6 Å². The highest BCUT2D eigenvalue weighted by molar-refractivity contribution is 6.27. The normalized spacial score (nSPS) is 12.1. The summed E-state index contributed by atoms with van der Waals surface area (Å²) < 4.78 is 11.9. The molecular formula is C51H106BO5. The zero-order chi connectivity index (χ0) is 42.7. The summed E-state index contributed by atoms with van der Waals surface area (Å²) >= 11 is 0. The third-order valence-corrected chi connectivity index (χ3v) is 11.2. The van der Waals surface area contributed by atoms with Crippen LogP contribution in [-0.2, 0) is 14.2 Å². The molecule has 0 aliphatic rings. The van der Waals surface area contributed by atoms with Crippen LogP contribution < -0.4 is 0 Å². The van der Waals surface area contributed by atoms with Gasteiger partial charge in [-0.1, -0.05) is 228 Å². The highest BCUT2D eigenvalue weighted by atomic mass is 16.5. The molecule has 0 heterocycles. The van der Waals surface area contributed by atoms with Gasteiger partial charge in [-0.15, -0.1) is 0 Å². The molecule has 2 atom stereocenters. The van der Waals surface area contributed by atoms with E-state index >= 15 is 0 Å². The Morgan fingerprint density at radius 1 is 0.439 bits per heavy atom. The van der Waals surface area contributed by atoms with Crippen molar-refractivity contribution in [3.63, 3.8) is 0 Å². The van der Waals surface area contributed by atoms with Crippen LogP contribution in [0.1, 0.15) is 292 Å². The highest BCUT2D eigenvalue weighted by Crippen LogP contribution is 2.19. The van der Waals surface area contributed by atoms with E-state index in [-0.39, 0.29) is 18.2 Å². The number of rotatable bonds is 43. The summed E-state index contributed by atoms with van der Waals surface area (Å²) in [4.78, 5) is 12.3. The molecule has 0 amide bonds. The quantitative estimate of drug-likeness (QED) is 0.0364. The zero-order valence-electron chi connectivity index (χ0n) is 40.2. The fourth-order valence-electron chi connectivity index (χ4n) is 7.14. The van der Waals surface area contributed by atoms with E-state index in [2.05, 4.69) is 55.9 Å². The van der Waals surface area contributed by atoms with Crippen molar-refractivity contribution in [1.82, 2.24) is 0 Å². The molecule has 0 aromatic rings. The van der Waals surface area contributed by atoms with Crippen molar-refractivity contribution < 1.29 is 24.4 Å². The Balaban J connectivity index is -0.000000921. The minimum Gasteiger partial charge on any atom is -0.462 e. The minimum atomic E-state index is -0.0864. The van der Waals surface area contributed by atoms with Crippen LogP contribution in [0.3, 0.4) is 0 Å². The van der Waals surface area contributed by atoms with E-state index in [9.17, 15) is 9.90 Å². The maximum absolute atomic E-state index is 12.3. The van der Waals surface area contributed by atoms with E-state index in [0.29, 0.717) is 19.1 Å². The molecule has 0 saturated carbocycles. The van der Waals surface area contributed by atoms with E-state index in [1.807, 2.05) is 0 Å². The third-order valence-electron chi connectivity index (χ3n) is 11.2. The fraction of sp³-hybridized carbons (Fsp3) is 0.980. The van der Waals surface area contributed by atoms with Crippen molar-refractivity contribution in [1.29, 1.82) is 0 Å². The van der Waals surface area contributed by atoms with Crippen LogP contribution in [0.2, 0.25) is 6.32 Å². The first-order valence-electron chi connectivity index (χ1n) is 25.9. The second-order valence-electron chi connectivity index (χ2n) is 17.1. The SMILES string of the molecule is CCCCCCCCC(=O)OC(CCCCCCCC)CCCCCCCC.CCCCCCCCC(CCC)O[B]CCCCCCC(O)CC.CCCCO. The summed E-state index contributed by atoms with van der Waals surface area (Å²) in [6.07, 6.45) is 48.1. The molecule has 57 heavy (non-hydrogen) atoms. The molecule has 0 aromatic carbocycles. The van der Waals surface area contributed by atoms with Gasteiger partial charge in [0, 0.05) is 19.1 Å². The summed E-state index contributed by atoms with van der Waals surface area (Å²) in [5, 5.41) is 17.6. The molecule has 0 fully saturated rings. The summed E-state index contributed by atoms with van der Waals surface area (Å²) in [6.45, 7) is 15.7. The predicted molar refractivity (Wildman–Crippen MR) is 254 cm³/mol. The summed E-state index contributed by atoms with van der Waals surface area (Å²) in [7, 11) is 2.07. The molecule has 0 aliphatic carbocycles. The Morgan fingerprint density at radius 2 is 0.825 bits per heavy atom. The minimum absolute atomic E-state index is 0.0532. The molecule has 2 N–H and O–H groups in total. The van der Waals surface area contributed by atoms with Crippen LogP contribution in [0.15, 0.2) is 0 Å². The predicted octanol–water partition coefficient (Wildman–Crippen LogP) is 16.6. The molecular weight excluding hydrogens is 703 g/mol. The van der Waals surface area contributed by atoms with Gasteiger partial charge >= 0.3 is 5.97 Å². The van der Waals surface area contributed by atoms with Gasteiger partial charge in [0.25, 0.3) is 7.48 Å². The van der Waals surface area contributed by atoms with Gasteiger partial charge in [-0.3, -0.25) is 4.79 Å².